The summed E-state index contributed by atoms with van der Waals surface area (Å²) in [6.07, 6.45) is 1.88. The number of aryl methyl sites for hydroxylation is 2. The largest absolute Gasteiger partial charge is 0.395 e. The lowest BCUT2D eigenvalue weighted by Gasteiger charge is -2.11. The smallest absolute Gasteiger partial charge is 0.266 e. The SMILES string of the molecule is Cc1cccc2c3cc(C=C4SC(=S)N(CCO)C4=O)ccc3n(C)c12. The van der Waals surface area contributed by atoms with E-state index in [1.807, 2.05) is 12.1 Å². The van der Waals surface area contributed by atoms with Crippen molar-refractivity contribution in [1.82, 2.24) is 9.47 Å². The molecular weight excluding hydrogens is 364 g/mol. The molecule has 1 fully saturated rings. The van der Waals surface area contributed by atoms with Crippen molar-refractivity contribution in [1.29, 1.82) is 0 Å². The molecule has 2 aromatic carbocycles. The highest BCUT2D eigenvalue weighted by molar-refractivity contribution is 8.26. The number of thiocarbonyl (C=S) groups is 1. The molecule has 4 rings (SSSR count). The second-order valence-corrected chi connectivity index (χ2v) is 8.04. The maximum atomic E-state index is 12.5. The van der Waals surface area contributed by atoms with Crippen LogP contribution in [0.5, 0.6) is 0 Å². The Hall–Kier alpha value is -2.15. The van der Waals surface area contributed by atoms with Crippen molar-refractivity contribution in [2.75, 3.05) is 13.2 Å². The highest BCUT2D eigenvalue weighted by Gasteiger charge is 2.31. The third kappa shape index (κ3) is 2.65. The van der Waals surface area contributed by atoms with Crippen molar-refractivity contribution in [3.63, 3.8) is 0 Å². The van der Waals surface area contributed by atoms with Crippen LogP contribution in [0.1, 0.15) is 11.1 Å². The van der Waals surface area contributed by atoms with Gasteiger partial charge in [-0.05, 0) is 36.3 Å². The zero-order valence-corrected chi connectivity index (χ0v) is 16.2. The second-order valence-electron chi connectivity index (χ2n) is 6.36. The van der Waals surface area contributed by atoms with Crippen LogP contribution in [0.15, 0.2) is 41.3 Å². The molecule has 4 nitrogen and oxygen atoms in total. The van der Waals surface area contributed by atoms with Gasteiger partial charge in [0.25, 0.3) is 5.91 Å². The van der Waals surface area contributed by atoms with E-state index in [4.69, 9.17) is 17.3 Å². The van der Waals surface area contributed by atoms with E-state index in [9.17, 15) is 4.79 Å². The van der Waals surface area contributed by atoms with Crippen molar-refractivity contribution < 1.29 is 9.90 Å². The van der Waals surface area contributed by atoms with E-state index in [-0.39, 0.29) is 19.1 Å². The fraction of sp³-hybridized carbons (Fsp3) is 0.200. The quantitative estimate of drug-likeness (QED) is 0.552. The molecule has 132 valence electrons. The number of benzene rings is 2. The summed E-state index contributed by atoms with van der Waals surface area (Å²) in [5.41, 5.74) is 4.61. The molecule has 0 radical (unpaired) electrons. The molecule has 1 N–H and O–H groups in total. The van der Waals surface area contributed by atoms with Crippen molar-refractivity contribution in [2.24, 2.45) is 7.05 Å². The summed E-state index contributed by atoms with van der Waals surface area (Å²) in [7, 11) is 2.08. The van der Waals surface area contributed by atoms with Gasteiger partial charge >= 0.3 is 0 Å². The van der Waals surface area contributed by atoms with E-state index < -0.39 is 0 Å². The summed E-state index contributed by atoms with van der Waals surface area (Å²) in [6.45, 7) is 2.26. The zero-order valence-electron chi connectivity index (χ0n) is 14.5. The van der Waals surface area contributed by atoms with E-state index in [0.29, 0.717) is 9.23 Å². The maximum Gasteiger partial charge on any atom is 0.266 e. The summed E-state index contributed by atoms with van der Waals surface area (Å²) in [5.74, 6) is -0.136. The predicted molar refractivity (Wildman–Crippen MR) is 112 cm³/mol. The number of rotatable bonds is 3. The minimum absolute atomic E-state index is 0.0962. The monoisotopic (exact) mass is 382 g/mol. The number of hydrogen-bond acceptors (Lipinski definition) is 4. The molecular formula is C20H18N2O2S2. The molecule has 1 aromatic heterocycles. The zero-order chi connectivity index (χ0) is 18.4. The number of carbonyl (C=O) groups excluding carboxylic acids is 1. The van der Waals surface area contributed by atoms with Crippen LogP contribution in [0.2, 0.25) is 0 Å². The van der Waals surface area contributed by atoms with Gasteiger partial charge in [0.05, 0.1) is 23.6 Å². The highest BCUT2D eigenvalue weighted by atomic mass is 32.2. The Morgan fingerprint density at radius 3 is 2.81 bits per heavy atom. The van der Waals surface area contributed by atoms with Crippen LogP contribution in [0.25, 0.3) is 27.9 Å². The van der Waals surface area contributed by atoms with Gasteiger partial charge in [-0.3, -0.25) is 9.69 Å². The summed E-state index contributed by atoms with van der Waals surface area (Å²) in [6, 6.07) is 12.6. The number of hydrogen-bond donors (Lipinski definition) is 1. The van der Waals surface area contributed by atoms with Crippen molar-refractivity contribution in [2.45, 2.75) is 6.92 Å². The third-order valence-electron chi connectivity index (χ3n) is 4.74. The maximum absolute atomic E-state index is 12.5. The molecule has 3 aromatic rings. The number of nitrogens with zero attached hydrogens (tertiary/aromatic N) is 2. The van der Waals surface area contributed by atoms with E-state index in [0.717, 1.165) is 5.56 Å². The van der Waals surface area contributed by atoms with Gasteiger partial charge < -0.3 is 9.67 Å². The summed E-state index contributed by atoms with van der Waals surface area (Å²) < 4.78 is 2.71. The van der Waals surface area contributed by atoms with Crippen LogP contribution in [-0.4, -0.2) is 38.0 Å². The number of fused-ring (bicyclic) bond motifs is 3. The molecule has 0 aliphatic carbocycles. The van der Waals surface area contributed by atoms with E-state index in [1.165, 1.54) is 44.0 Å². The fourth-order valence-electron chi connectivity index (χ4n) is 3.54. The number of aromatic nitrogens is 1. The lowest BCUT2D eigenvalue weighted by Crippen LogP contribution is -2.30. The Labute approximate surface area is 161 Å². The lowest BCUT2D eigenvalue weighted by molar-refractivity contribution is -0.122. The lowest BCUT2D eigenvalue weighted by atomic mass is 10.1. The molecule has 6 heteroatoms. The molecule has 0 spiro atoms. The van der Waals surface area contributed by atoms with Gasteiger partial charge in [-0.2, -0.15) is 0 Å². The molecule has 0 saturated carbocycles. The van der Waals surface area contributed by atoms with E-state index in [1.54, 1.807) is 0 Å². The van der Waals surface area contributed by atoms with Gasteiger partial charge in [-0.15, -0.1) is 0 Å². The summed E-state index contributed by atoms with van der Waals surface area (Å²) >= 11 is 6.53. The number of aliphatic hydroxyl groups is 1. The standard InChI is InChI=1S/C20H18N2O2S2/c1-12-4-3-5-14-15-10-13(6-7-16(15)21(2)18(12)14)11-17-19(24)22(8-9-23)20(25)26-17/h3-7,10-11,23H,8-9H2,1-2H3. The van der Waals surface area contributed by atoms with E-state index in [2.05, 4.69) is 48.9 Å². The second kappa shape index (κ2) is 6.54. The van der Waals surface area contributed by atoms with E-state index >= 15 is 0 Å². The van der Waals surface area contributed by atoms with Crippen LogP contribution in [0.3, 0.4) is 0 Å². The Balaban J connectivity index is 1.82. The molecule has 26 heavy (non-hydrogen) atoms. The molecule has 0 atom stereocenters. The average molecular weight is 383 g/mol. The molecule has 0 unspecified atom stereocenters. The molecule has 1 saturated heterocycles. The first kappa shape index (κ1) is 17.3. The molecule has 0 bridgehead atoms. The number of thioether (sulfide) groups is 1. The normalized spacial score (nSPS) is 16.6. The van der Waals surface area contributed by atoms with Crippen LogP contribution < -0.4 is 0 Å². The van der Waals surface area contributed by atoms with Crippen LogP contribution in [0, 0.1) is 6.92 Å². The van der Waals surface area contributed by atoms with Gasteiger partial charge in [0, 0.05) is 23.3 Å². The first-order chi connectivity index (χ1) is 12.5. The topological polar surface area (TPSA) is 45.5 Å². The average Bonchev–Trinajstić information content (AvgIpc) is 3.05. The molecule has 1 aliphatic rings. The van der Waals surface area contributed by atoms with Crippen LogP contribution in [0.4, 0.5) is 0 Å². The van der Waals surface area contributed by atoms with Gasteiger partial charge in [0.1, 0.15) is 4.32 Å². The number of carbonyl (C=O) groups is 1. The summed E-state index contributed by atoms with van der Waals surface area (Å²) in [4.78, 5) is 14.5. The Bertz CT molecular complexity index is 1100. The van der Waals surface area contributed by atoms with Crippen LogP contribution in [-0.2, 0) is 11.8 Å². The predicted octanol–water partition coefficient (Wildman–Crippen LogP) is 3.83. The Kier molecular flexibility index (Phi) is 4.34. The number of β-amino-alcohol motifs (C(OH)–C–C–N with tert-alkyl or cyclic N) is 1. The molecule has 2 heterocycles. The fourth-order valence-corrected chi connectivity index (χ4v) is 4.85. The first-order valence-corrected chi connectivity index (χ1v) is 9.57. The van der Waals surface area contributed by atoms with Gasteiger partial charge in [0.15, 0.2) is 0 Å². The minimum Gasteiger partial charge on any atom is -0.395 e. The Morgan fingerprint density at radius 2 is 2.04 bits per heavy atom. The Morgan fingerprint density at radius 1 is 1.23 bits per heavy atom. The minimum atomic E-state index is -0.136. The van der Waals surface area contributed by atoms with Crippen LogP contribution >= 0.6 is 24.0 Å². The molecule has 1 aliphatic heterocycles. The number of amides is 1. The third-order valence-corrected chi connectivity index (χ3v) is 6.12. The van der Waals surface area contributed by atoms with Crippen molar-refractivity contribution >= 4 is 62.1 Å². The van der Waals surface area contributed by atoms with Gasteiger partial charge in [-0.25, -0.2) is 0 Å². The van der Waals surface area contributed by atoms with Gasteiger partial charge in [0.2, 0.25) is 0 Å². The first-order valence-electron chi connectivity index (χ1n) is 8.35. The van der Waals surface area contributed by atoms with Gasteiger partial charge in [-0.1, -0.05) is 48.2 Å². The van der Waals surface area contributed by atoms with Crippen molar-refractivity contribution in [3.8, 4) is 0 Å². The highest BCUT2D eigenvalue weighted by Crippen LogP contribution is 2.34. The van der Waals surface area contributed by atoms with Crippen molar-refractivity contribution in [3.05, 3.63) is 52.4 Å². The summed E-state index contributed by atoms with van der Waals surface area (Å²) in [5, 5.41) is 11.5. The number of para-hydroxylation sites is 1. The number of aliphatic hydroxyl groups excluding tert-OH is 1. The molecule has 1 amide bonds.